The molecule has 0 radical (unpaired) electrons. The zero-order valence-corrected chi connectivity index (χ0v) is 20.2. The summed E-state index contributed by atoms with van der Waals surface area (Å²) in [5, 5.41) is 31.6. The van der Waals surface area contributed by atoms with Gasteiger partial charge in [-0.05, 0) is 106 Å². The van der Waals surface area contributed by atoms with Crippen LogP contribution in [0.4, 0.5) is 0 Å². The lowest BCUT2D eigenvalue weighted by Gasteiger charge is -2.59. The first-order valence-electron chi connectivity index (χ1n) is 12.9. The fourth-order valence-electron chi connectivity index (χ4n) is 9.19. The molecule has 0 aromatic heterocycles. The number of allylic oxidation sites excluding steroid dienone is 2. The molecular formula is C27H44O4. The van der Waals surface area contributed by atoms with Crippen molar-refractivity contribution < 1.29 is 20.1 Å². The maximum atomic E-state index is 10.8. The zero-order chi connectivity index (χ0) is 22.3. The Morgan fingerprint density at radius 1 is 0.903 bits per heavy atom. The third-order valence-corrected chi connectivity index (χ3v) is 11.0. The third kappa shape index (κ3) is 3.22. The lowest BCUT2D eigenvalue weighted by molar-refractivity contribution is -0.174. The van der Waals surface area contributed by atoms with Gasteiger partial charge in [-0.1, -0.05) is 32.4 Å². The van der Waals surface area contributed by atoms with Gasteiger partial charge < -0.3 is 20.1 Å². The van der Waals surface area contributed by atoms with Gasteiger partial charge in [0.1, 0.15) is 6.10 Å². The summed E-state index contributed by atoms with van der Waals surface area (Å²) in [6.07, 6.45) is 8.89. The number of aliphatic hydroxyl groups is 3. The Bertz CT molecular complexity index is 746. The van der Waals surface area contributed by atoms with E-state index in [0.717, 1.165) is 12.8 Å². The van der Waals surface area contributed by atoms with Crippen LogP contribution in [0.25, 0.3) is 0 Å². The van der Waals surface area contributed by atoms with Crippen LogP contribution in [-0.4, -0.2) is 45.3 Å². The molecule has 1 aliphatic heterocycles. The Labute approximate surface area is 188 Å². The van der Waals surface area contributed by atoms with Crippen LogP contribution in [0, 0.1) is 40.4 Å². The topological polar surface area (TPSA) is 69.9 Å². The molecule has 5 rings (SSSR count). The fourth-order valence-corrected chi connectivity index (χ4v) is 9.19. The molecule has 1 saturated heterocycles. The molecule has 5 aliphatic rings. The Kier molecular flexibility index (Phi) is 5.26. The van der Waals surface area contributed by atoms with E-state index >= 15 is 0 Å². The van der Waals surface area contributed by atoms with Crippen LogP contribution in [0.3, 0.4) is 0 Å². The molecule has 0 aromatic rings. The smallest absolute Gasteiger partial charge is 0.106 e. The van der Waals surface area contributed by atoms with E-state index in [1.807, 2.05) is 0 Å². The molecule has 4 aliphatic carbocycles. The van der Waals surface area contributed by atoms with Crippen molar-refractivity contribution in [3.63, 3.8) is 0 Å². The predicted octanol–water partition coefficient (Wildman–Crippen LogP) is 4.46. The van der Waals surface area contributed by atoms with Crippen LogP contribution in [-0.2, 0) is 4.74 Å². The highest BCUT2D eigenvalue weighted by atomic mass is 16.5. The van der Waals surface area contributed by atoms with Gasteiger partial charge in [0, 0.05) is 0 Å². The van der Waals surface area contributed by atoms with Crippen LogP contribution < -0.4 is 0 Å². The lowest BCUT2D eigenvalue weighted by atomic mass is 9.47. The Morgan fingerprint density at radius 3 is 2.29 bits per heavy atom. The Balaban J connectivity index is 1.40. The van der Waals surface area contributed by atoms with Gasteiger partial charge in [-0.25, -0.2) is 0 Å². The molecule has 3 saturated carbocycles. The number of fused-ring (bicyclic) bond motifs is 5. The molecule has 0 aromatic carbocycles. The SMILES string of the molecule is C[C@@H]([C@H]1CC[C@H]2C3=CCC4[C@@H](O)[C@@H](O)[C@@H](O)C[C@]4(C)[C@H]3CC[C@]12C)[C@H]1CCC(C)(C)O1. The van der Waals surface area contributed by atoms with Crippen molar-refractivity contribution in [1.82, 2.24) is 0 Å². The first-order valence-corrected chi connectivity index (χ1v) is 12.9. The molecule has 0 amide bonds. The molecule has 0 spiro atoms. The van der Waals surface area contributed by atoms with Crippen LogP contribution in [0.2, 0.25) is 0 Å². The van der Waals surface area contributed by atoms with Gasteiger partial charge in [0.2, 0.25) is 0 Å². The first-order chi connectivity index (χ1) is 14.5. The third-order valence-electron chi connectivity index (χ3n) is 11.0. The first kappa shape index (κ1) is 22.4. The molecular weight excluding hydrogens is 388 g/mol. The van der Waals surface area contributed by atoms with Crippen LogP contribution in [0.1, 0.15) is 86.0 Å². The van der Waals surface area contributed by atoms with Gasteiger partial charge in [0.05, 0.1) is 23.9 Å². The largest absolute Gasteiger partial charge is 0.390 e. The minimum Gasteiger partial charge on any atom is -0.390 e. The second-order valence-electron chi connectivity index (χ2n) is 13.0. The van der Waals surface area contributed by atoms with Crippen LogP contribution in [0.5, 0.6) is 0 Å². The number of rotatable bonds is 2. The van der Waals surface area contributed by atoms with Crippen LogP contribution >= 0.6 is 0 Å². The van der Waals surface area contributed by atoms with E-state index < -0.39 is 18.3 Å². The maximum Gasteiger partial charge on any atom is 0.106 e. The molecule has 4 heteroatoms. The van der Waals surface area contributed by atoms with Gasteiger partial charge in [-0.15, -0.1) is 0 Å². The molecule has 3 N–H and O–H groups in total. The van der Waals surface area contributed by atoms with Crippen molar-refractivity contribution in [1.29, 1.82) is 0 Å². The molecule has 1 heterocycles. The summed E-state index contributed by atoms with van der Waals surface area (Å²) in [6.45, 7) is 11.7. The number of aliphatic hydroxyl groups excluding tert-OH is 3. The van der Waals surface area contributed by atoms with Crippen molar-refractivity contribution in [2.45, 2.75) is 116 Å². The van der Waals surface area contributed by atoms with Crippen molar-refractivity contribution in [3.8, 4) is 0 Å². The van der Waals surface area contributed by atoms with Gasteiger partial charge in [-0.2, -0.15) is 0 Å². The average Bonchev–Trinajstić information content (AvgIpc) is 3.24. The summed E-state index contributed by atoms with van der Waals surface area (Å²) in [4.78, 5) is 0. The summed E-state index contributed by atoms with van der Waals surface area (Å²) >= 11 is 0. The molecule has 31 heavy (non-hydrogen) atoms. The monoisotopic (exact) mass is 432 g/mol. The summed E-state index contributed by atoms with van der Waals surface area (Å²) in [6, 6.07) is 0. The Morgan fingerprint density at radius 2 is 1.61 bits per heavy atom. The quantitative estimate of drug-likeness (QED) is 0.564. The van der Waals surface area contributed by atoms with E-state index in [4.69, 9.17) is 4.74 Å². The summed E-state index contributed by atoms with van der Waals surface area (Å²) < 4.78 is 6.48. The molecule has 1 unspecified atom stereocenters. The van der Waals surface area contributed by atoms with Crippen molar-refractivity contribution in [2.75, 3.05) is 0 Å². The maximum absolute atomic E-state index is 10.8. The normalized spacial score (nSPS) is 54.5. The highest BCUT2D eigenvalue weighted by Gasteiger charge is 2.61. The van der Waals surface area contributed by atoms with E-state index in [2.05, 4.69) is 40.7 Å². The molecule has 0 bridgehead atoms. The standard InChI is InChI=1S/C27H44O4/c1-15(22-11-12-25(2,3)31-22)17-8-9-18-16-6-7-20-23(29)24(30)21(28)14-27(20,5)19(16)10-13-26(17,18)4/h6,15,17-24,28-30H,7-14H2,1-5H3/t15-,17+,18-,19-,20?,21-,22+,23+,24-,26+,27+/m0/s1. The molecule has 11 atom stereocenters. The van der Waals surface area contributed by atoms with Crippen molar-refractivity contribution in [2.24, 2.45) is 40.4 Å². The highest BCUT2D eigenvalue weighted by molar-refractivity contribution is 5.29. The van der Waals surface area contributed by atoms with Crippen LogP contribution in [0.15, 0.2) is 11.6 Å². The second kappa shape index (κ2) is 7.29. The van der Waals surface area contributed by atoms with E-state index in [0.29, 0.717) is 41.6 Å². The van der Waals surface area contributed by atoms with E-state index in [9.17, 15) is 15.3 Å². The van der Waals surface area contributed by atoms with Gasteiger partial charge in [0.15, 0.2) is 0 Å². The highest BCUT2D eigenvalue weighted by Crippen LogP contribution is 2.67. The van der Waals surface area contributed by atoms with E-state index in [-0.39, 0.29) is 16.9 Å². The molecule has 4 nitrogen and oxygen atoms in total. The fraction of sp³-hybridized carbons (Fsp3) is 0.926. The number of hydrogen-bond acceptors (Lipinski definition) is 4. The molecule has 4 fully saturated rings. The van der Waals surface area contributed by atoms with Gasteiger partial charge in [0.25, 0.3) is 0 Å². The summed E-state index contributed by atoms with van der Waals surface area (Å²) in [7, 11) is 0. The van der Waals surface area contributed by atoms with Crippen molar-refractivity contribution >= 4 is 0 Å². The van der Waals surface area contributed by atoms with Crippen molar-refractivity contribution in [3.05, 3.63) is 11.6 Å². The second-order valence-corrected chi connectivity index (χ2v) is 13.0. The average molecular weight is 433 g/mol. The van der Waals surface area contributed by atoms with Gasteiger partial charge >= 0.3 is 0 Å². The minimum absolute atomic E-state index is 0.0260. The lowest BCUT2D eigenvalue weighted by Crippen LogP contribution is -2.59. The number of ether oxygens (including phenoxy) is 1. The summed E-state index contributed by atoms with van der Waals surface area (Å²) in [5.74, 6) is 2.39. The number of hydrogen-bond donors (Lipinski definition) is 3. The zero-order valence-electron chi connectivity index (χ0n) is 20.2. The summed E-state index contributed by atoms with van der Waals surface area (Å²) in [5.41, 5.74) is 1.85. The minimum atomic E-state index is -1.01. The van der Waals surface area contributed by atoms with E-state index in [1.165, 1.54) is 32.1 Å². The van der Waals surface area contributed by atoms with E-state index in [1.54, 1.807) is 5.57 Å². The predicted molar refractivity (Wildman–Crippen MR) is 121 cm³/mol. The Hall–Kier alpha value is -0.420. The molecule has 176 valence electrons. The van der Waals surface area contributed by atoms with Gasteiger partial charge in [-0.3, -0.25) is 0 Å².